The minimum absolute atomic E-state index is 0.0694. The summed E-state index contributed by atoms with van der Waals surface area (Å²) >= 11 is 0. The van der Waals surface area contributed by atoms with E-state index in [0.29, 0.717) is 18.7 Å². The Morgan fingerprint density at radius 1 is 1.15 bits per heavy atom. The fourth-order valence-electron chi connectivity index (χ4n) is 2.79. The van der Waals surface area contributed by atoms with Crippen LogP contribution in [0.15, 0.2) is 42.6 Å². The Morgan fingerprint density at radius 3 is 2.69 bits per heavy atom. The molecule has 3 rings (SSSR count). The van der Waals surface area contributed by atoms with Crippen LogP contribution in [0.3, 0.4) is 0 Å². The average molecular weight is 353 g/mol. The second-order valence-electron chi connectivity index (χ2n) is 6.44. The molecule has 0 spiro atoms. The summed E-state index contributed by atoms with van der Waals surface area (Å²) in [7, 11) is 0. The van der Waals surface area contributed by atoms with Crippen molar-refractivity contribution in [2.24, 2.45) is 0 Å². The summed E-state index contributed by atoms with van der Waals surface area (Å²) in [5.41, 5.74) is 2.83. The highest BCUT2D eigenvalue weighted by molar-refractivity contribution is 5.98. The number of hydrogen-bond donors (Lipinski definition) is 2. The van der Waals surface area contributed by atoms with Crippen molar-refractivity contribution >= 4 is 11.8 Å². The van der Waals surface area contributed by atoms with E-state index in [4.69, 9.17) is 4.74 Å². The number of amides is 2. The largest absolute Gasteiger partial charge is 0.376 e. The Kier molecular flexibility index (Phi) is 5.96. The lowest BCUT2D eigenvalue weighted by molar-refractivity contribution is 0.0853. The molecule has 1 aromatic carbocycles. The summed E-state index contributed by atoms with van der Waals surface area (Å²) < 4.78 is 5.48. The normalized spacial score (nSPS) is 16.3. The molecule has 136 valence electrons. The molecule has 2 amide bonds. The van der Waals surface area contributed by atoms with Crippen LogP contribution in [0, 0.1) is 6.92 Å². The first-order valence-corrected chi connectivity index (χ1v) is 8.81. The number of pyridine rings is 1. The number of carbonyl (C=O) groups excluding carboxylic acids is 2. The number of aromatic nitrogens is 1. The fourth-order valence-corrected chi connectivity index (χ4v) is 2.79. The van der Waals surface area contributed by atoms with E-state index in [-0.39, 0.29) is 23.6 Å². The van der Waals surface area contributed by atoms with Gasteiger partial charge in [-0.2, -0.15) is 0 Å². The third kappa shape index (κ3) is 4.89. The summed E-state index contributed by atoms with van der Waals surface area (Å²) in [4.78, 5) is 28.6. The minimum atomic E-state index is -0.298. The van der Waals surface area contributed by atoms with Crippen molar-refractivity contribution in [1.29, 1.82) is 0 Å². The topological polar surface area (TPSA) is 80.3 Å². The van der Waals surface area contributed by atoms with Crippen LogP contribution >= 0.6 is 0 Å². The van der Waals surface area contributed by atoms with Crippen LogP contribution in [-0.4, -0.2) is 36.1 Å². The number of ether oxygens (including phenoxy) is 1. The number of hydrogen-bond acceptors (Lipinski definition) is 4. The zero-order valence-corrected chi connectivity index (χ0v) is 14.8. The zero-order valence-electron chi connectivity index (χ0n) is 14.8. The maximum absolute atomic E-state index is 12.3. The highest BCUT2D eigenvalue weighted by Crippen LogP contribution is 2.11. The second kappa shape index (κ2) is 8.58. The van der Waals surface area contributed by atoms with Crippen molar-refractivity contribution in [1.82, 2.24) is 15.6 Å². The molecule has 2 aromatic rings. The van der Waals surface area contributed by atoms with Gasteiger partial charge in [0.1, 0.15) is 5.69 Å². The van der Waals surface area contributed by atoms with Crippen molar-refractivity contribution in [3.63, 3.8) is 0 Å². The van der Waals surface area contributed by atoms with Crippen molar-refractivity contribution in [3.05, 3.63) is 65.0 Å². The molecular weight excluding hydrogens is 330 g/mol. The first kappa shape index (κ1) is 18.1. The van der Waals surface area contributed by atoms with Crippen LogP contribution in [-0.2, 0) is 11.3 Å². The van der Waals surface area contributed by atoms with Crippen molar-refractivity contribution < 1.29 is 14.3 Å². The van der Waals surface area contributed by atoms with Crippen molar-refractivity contribution in [2.75, 3.05) is 13.2 Å². The highest BCUT2D eigenvalue weighted by atomic mass is 16.5. The molecule has 26 heavy (non-hydrogen) atoms. The standard InChI is InChI=1S/C20H23N3O3/c1-14-4-6-15(7-5-14)12-22-19(24)16-8-9-21-18(11-16)20(25)23-13-17-3-2-10-26-17/h4-9,11,17H,2-3,10,12-13H2,1H3,(H,22,24)(H,23,25). The molecule has 1 aliphatic heterocycles. The first-order chi connectivity index (χ1) is 12.6. The van der Waals surface area contributed by atoms with Gasteiger partial charge < -0.3 is 15.4 Å². The first-order valence-electron chi connectivity index (χ1n) is 8.81. The smallest absolute Gasteiger partial charge is 0.269 e. The van der Waals surface area contributed by atoms with Gasteiger partial charge in [0.25, 0.3) is 11.8 Å². The van der Waals surface area contributed by atoms with E-state index in [9.17, 15) is 9.59 Å². The SMILES string of the molecule is Cc1ccc(CNC(=O)c2ccnc(C(=O)NCC3CCCO3)c2)cc1. The third-order valence-corrected chi connectivity index (χ3v) is 4.34. The minimum Gasteiger partial charge on any atom is -0.376 e. The molecule has 0 aliphatic carbocycles. The predicted molar refractivity (Wildman–Crippen MR) is 97.9 cm³/mol. The van der Waals surface area contributed by atoms with E-state index >= 15 is 0 Å². The molecular formula is C20H23N3O3. The number of nitrogens with zero attached hydrogens (tertiary/aromatic N) is 1. The molecule has 1 atom stereocenters. The molecule has 6 heteroatoms. The Balaban J connectivity index is 1.55. The Bertz CT molecular complexity index is 768. The number of carbonyl (C=O) groups is 2. The van der Waals surface area contributed by atoms with Gasteiger partial charge in [-0.05, 0) is 37.5 Å². The van der Waals surface area contributed by atoms with Gasteiger partial charge in [-0.15, -0.1) is 0 Å². The van der Waals surface area contributed by atoms with Crippen LogP contribution < -0.4 is 10.6 Å². The van der Waals surface area contributed by atoms with Crippen LogP contribution in [0.25, 0.3) is 0 Å². The van der Waals surface area contributed by atoms with Gasteiger partial charge in [0.2, 0.25) is 0 Å². The Hall–Kier alpha value is -2.73. The van der Waals surface area contributed by atoms with E-state index in [2.05, 4.69) is 15.6 Å². The Labute approximate surface area is 153 Å². The van der Waals surface area contributed by atoms with Gasteiger partial charge in [-0.3, -0.25) is 14.6 Å². The van der Waals surface area contributed by atoms with E-state index in [1.807, 2.05) is 31.2 Å². The predicted octanol–water partition coefficient (Wildman–Crippen LogP) is 2.23. The summed E-state index contributed by atoms with van der Waals surface area (Å²) in [6, 6.07) is 11.1. The van der Waals surface area contributed by atoms with Gasteiger partial charge in [0, 0.05) is 31.5 Å². The molecule has 1 aliphatic rings. The van der Waals surface area contributed by atoms with Crippen molar-refractivity contribution in [2.45, 2.75) is 32.4 Å². The molecule has 2 N–H and O–H groups in total. The monoisotopic (exact) mass is 353 g/mol. The number of nitrogens with one attached hydrogen (secondary N) is 2. The van der Waals surface area contributed by atoms with Gasteiger partial charge in [-0.25, -0.2) is 0 Å². The number of benzene rings is 1. The zero-order chi connectivity index (χ0) is 18.4. The van der Waals surface area contributed by atoms with Crippen LogP contribution in [0.4, 0.5) is 0 Å². The fraction of sp³-hybridized carbons (Fsp3) is 0.350. The molecule has 1 aromatic heterocycles. The lowest BCUT2D eigenvalue weighted by atomic mass is 10.1. The molecule has 1 unspecified atom stereocenters. The van der Waals surface area contributed by atoms with E-state index < -0.39 is 0 Å². The van der Waals surface area contributed by atoms with E-state index in [0.717, 1.165) is 25.0 Å². The molecule has 0 radical (unpaired) electrons. The average Bonchev–Trinajstić information content (AvgIpc) is 3.19. The lowest BCUT2D eigenvalue weighted by Gasteiger charge is -2.11. The Morgan fingerprint density at radius 2 is 1.96 bits per heavy atom. The summed E-state index contributed by atoms with van der Waals surface area (Å²) in [5, 5.41) is 5.67. The molecule has 0 saturated carbocycles. The van der Waals surface area contributed by atoms with Crippen molar-refractivity contribution in [3.8, 4) is 0 Å². The third-order valence-electron chi connectivity index (χ3n) is 4.34. The second-order valence-corrected chi connectivity index (χ2v) is 6.44. The van der Waals surface area contributed by atoms with Crippen LogP contribution in [0.5, 0.6) is 0 Å². The molecule has 2 heterocycles. The van der Waals surface area contributed by atoms with Gasteiger partial charge >= 0.3 is 0 Å². The molecule has 1 saturated heterocycles. The quantitative estimate of drug-likeness (QED) is 0.835. The molecule has 0 bridgehead atoms. The van der Waals surface area contributed by atoms with Gasteiger partial charge in [0.05, 0.1) is 6.10 Å². The molecule has 1 fully saturated rings. The maximum atomic E-state index is 12.3. The maximum Gasteiger partial charge on any atom is 0.269 e. The summed E-state index contributed by atoms with van der Waals surface area (Å²) in [6.07, 6.45) is 3.52. The lowest BCUT2D eigenvalue weighted by Crippen LogP contribution is -2.32. The van der Waals surface area contributed by atoms with E-state index in [1.54, 1.807) is 6.07 Å². The number of aryl methyl sites for hydroxylation is 1. The van der Waals surface area contributed by atoms with Crippen LogP contribution in [0.1, 0.15) is 44.8 Å². The van der Waals surface area contributed by atoms with Gasteiger partial charge in [-0.1, -0.05) is 29.8 Å². The number of rotatable bonds is 6. The summed E-state index contributed by atoms with van der Waals surface area (Å²) in [6.45, 7) is 3.66. The van der Waals surface area contributed by atoms with E-state index in [1.165, 1.54) is 17.8 Å². The van der Waals surface area contributed by atoms with Gasteiger partial charge in [0.15, 0.2) is 0 Å². The summed E-state index contributed by atoms with van der Waals surface area (Å²) in [5.74, 6) is -0.533. The highest BCUT2D eigenvalue weighted by Gasteiger charge is 2.17. The van der Waals surface area contributed by atoms with Crippen LogP contribution in [0.2, 0.25) is 0 Å². The molecule has 6 nitrogen and oxygen atoms in total.